The summed E-state index contributed by atoms with van der Waals surface area (Å²) in [5, 5.41) is 15.2. The molecule has 1 aliphatic heterocycles. The molecule has 0 aliphatic carbocycles. The van der Waals surface area contributed by atoms with Crippen LogP contribution in [0.1, 0.15) is 36.6 Å². The highest BCUT2D eigenvalue weighted by Crippen LogP contribution is 2.24. The van der Waals surface area contributed by atoms with Crippen LogP contribution < -0.4 is 15.4 Å². The van der Waals surface area contributed by atoms with Crippen molar-refractivity contribution in [1.82, 2.24) is 25.4 Å². The summed E-state index contributed by atoms with van der Waals surface area (Å²) in [4.78, 5) is 4.30. The highest BCUT2D eigenvalue weighted by atomic mass is 127. The lowest BCUT2D eigenvalue weighted by molar-refractivity contribution is 0.405. The lowest BCUT2D eigenvalue weighted by atomic mass is 10.1. The van der Waals surface area contributed by atoms with E-state index in [0.717, 1.165) is 48.3 Å². The molecule has 25 heavy (non-hydrogen) atoms. The summed E-state index contributed by atoms with van der Waals surface area (Å²) in [6.07, 6.45) is 2.17. The van der Waals surface area contributed by atoms with Crippen LogP contribution in [0.25, 0.3) is 0 Å². The summed E-state index contributed by atoms with van der Waals surface area (Å²) in [5.41, 5.74) is 1.09. The molecule has 0 fully saturated rings. The van der Waals surface area contributed by atoms with E-state index in [1.165, 1.54) is 0 Å². The molecule has 0 saturated carbocycles. The first kappa shape index (κ1) is 19.5. The summed E-state index contributed by atoms with van der Waals surface area (Å²) in [6, 6.07) is 8.05. The van der Waals surface area contributed by atoms with Gasteiger partial charge in [0.2, 0.25) is 0 Å². The minimum atomic E-state index is 0. The van der Waals surface area contributed by atoms with Gasteiger partial charge in [-0.3, -0.25) is 4.99 Å². The van der Waals surface area contributed by atoms with E-state index in [-0.39, 0.29) is 30.0 Å². The number of rotatable bonds is 5. The largest absolute Gasteiger partial charge is 0.496 e. The van der Waals surface area contributed by atoms with Crippen LogP contribution in [-0.4, -0.2) is 34.9 Å². The van der Waals surface area contributed by atoms with Gasteiger partial charge in [-0.15, -0.1) is 34.2 Å². The monoisotopic (exact) mass is 456 g/mol. The maximum atomic E-state index is 5.43. The second-order valence-electron chi connectivity index (χ2n) is 5.82. The molecule has 0 radical (unpaired) electrons. The van der Waals surface area contributed by atoms with Crippen LogP contribution in [0.3, 0.4) is 0 Å². The fourth-order valence-electron chi connectivity index (χ4n) is 3.01. The zero-order valence-corrected chi connectivity index (χ0v) is 17.2. The van der Waals surface area contributed by atoms with E-state index in [2.05, 4.69) is 43.4 Å². The van der Waals surface area contributed by atoms with Crippen molar-refractivity contribution >= 4 is 29.9 Å². The molecule has 0 amide bonds. The van der Waals surface area contributed by atoms with Gasteiger partial charge in [-0.2, -0.15) is 0 Å². The van der Waals surface area contributed by atoms with E-state index in [0.29, 0.717) is 6.54 Å². The number of halogens is 1. The van der Waals surface area contributed by atoms with Crippen molar-refractivity contribution in [3.63, 3.8) is 0 Å². The van der Waals surface area contributed by atoms with Crippen LogP contribution in [0.4, 0.5) is 0 Å². The molecule has 3 rings (SSSR count). The normalized spacial score (nSPS) is 14.4. The summed E-state index contributed by atoms with van der Waals surface area (Å²) >= 11 is 0. The number of benzene rings is 1. The topological polar surface area (TPSA) is 76.4 Å². The minimum Gasteiger partial charge on any atom is -0.496 e. The zero-order chi connectivity index (χ0) is 16.9. The molecular weight excluding hydrogens is 431 g/mol. The fourth-order valence-corrected chi connectivity index (χ4v) is 3.01. The maximum absolute atomic E-state index is 5.43. The molecule has 2 aromatic rings. The van der Waals surface area contributed by atoms with Crippen LogP contribution in [0, 0.1) is 0 Å². The maximum Gasteiger partial charge on any atom is 0.191 e. The average Bonchev–Trinajstić information content (AvgIpc) is 3.22. The summed E-state index contributed by atoms with van der Waals surface area (Å²) in [5.74, 6) is 3.62. The third-order valence-corrected chi connectivity index (χ3v) is 4.28. The number of nitrogens with zero attached hydrogens (tertiary/aromatic N) is 4. The number of guanidine groups is 1. The third kappa shape index (κ3) is 4.42. The molecule has 7 nitrogen and oxygen atoms in total. The third-order valence-electron chi connectivity index (χ3n) is 4.28. The Kier molecular flexibility index (Phi) is 7.03. The number of nitrogens with one attached hydrogen (secondary N) is 2. The number of fused-ring (bicyclic) bond motifs is 1. The van der Waals surface area contributed by atoms with Crippen molar-refractivity contribution in [2.45, 2.75) is 38.9 Å². The van der Waals surface area contributed by atoms with E-state index in [4.69, 9.17) is 4.74 Å². The first-order chi connectivity index (χ1) is 11.7. The number of hydrogen-bond acceptors (Lipinski definition) is 4. The van der Waals surface area contributed by atoms with Crippen LogP contribution in [0.2, 0.25) is 0 Å². The quantitative estimate of drug-likeness (QED) is 0.410. The van der Waals surface area contributed by atoms with E-state index in [1.54, 1.807) is 14.2 Å². The molecule has 2 N–H and O–H groups in total. The number of para-hydroxylation sites is 1. The number of aryl methyl sites for hydroxylation is 1. The molecule has 2 heterocycles. The Morgan fingerprint density at radius 3 is 2.92 bits per heavy atom. The SMILES string of the molecule is CN=C(NCc1nnc2n1CCC2)NC(C)c1ccccc1OC.I. The highest BCUT2D eigenvalue weighted by Gasteiger charge is 2.18. The van der Waals surface area contributed by atoms with Gasteiger partial charge >= 0.3 is 0 Å². The number of methoxy groups -OCH3 is 1. The number of aromatic nitrogens is 3. The van der Waals surface area contributed by atoms with E-state index in [1.807, 2.05) is 18.2 Å². The number of hydrogen-bond donors (Lipinski definition) is 2. The first-order valence-corrected chi connectivity index (χ1v) is 8.24. The second kappa shape index (κ2) is 9.02. The molecule has 0 spiro atoms. The lowest BCUT2D eigenvalue weighted by Crippen LogP contribution is -2.38. The van der Waals surface area contributed by atoms with Gasteiger partial charge in [0.25, 0.3) is 0 Å². The molecule has 1 aromatic carbocycles. The molecule has 1 atom stereocenters. The van der Waals surface area contributed by atoms with E-state index < -0.39 is 0 Å². The number of aliphatic imine (C=N–C) groups is 1. The Morgan fingerprint density at radius 1 is 1.36 bits per heavy atom. The van der Waals surface area contributed by atoms with Gasteiger partial charge in [-0.05, 0) is 19.4 Å². The van der Waals surface area contributed by atoms with Gasteiger partial charge in [-0.25, -0.2) is 0 Å². The van der Waals surface area contributed by atoms with Gasteiger partial charge in [0.15, 0.2) is 11.8 Å². The first-order valence-electron chi connectivity index (χ1n) is 8.24. The molecule has 1 unspecified atom stereocenters. The van der Waals surface area contributed by atoms with Gasteiger partial charge in [-0.1, -0.05) is 18.2 Å². The Bertz CT molecular complexity index is 730. The Hall–Kier alpha value is -1.84. The molecule has 1 aliphatic rings. The summed E-state index contributed by atoms with van der Waals surface area (Å²) in [6.45, 7) is 3.69. The van der Waals surface area contributed by atoms with Gasteiger partial charge in [0.05, 0.1) is 19.7 Å². The second-order valence-corrected chi connectivity index (χ2v) is 5.82. The van der Waals surface area contributed by atoms with Crippen molar-refractivity contribution < 1.29 is 4.74 Å². The fraction of sp³-hybridized carbons (Fsp3) is 0.471. The van der Waals surface area contributed by atoms with Crippen molar-refractivity contribution in [1.29, 1.82) is 0 Å². The highest BCUT2D eigenvalue weighted by molar-refractivity contribution is 14.0. The van der Waals surface area contributed by atoms with Crippen molar-refractivity contribution in [2.75, 3.05) is 14.2 Å². The predicted molar refractivity (Wildman–Crippen MR) is 109 cm³/mol. The molecule has 0 saturated heterocycles. The van der Waals surface area contributed by atoms with Crippen LogP contribution >= 0.6 is 24.0 Å². The molecule has 136 valence electrons. The molecular formula is C17H25IN6O. The van der Waals surface area contributed by atoms with Crippen molar-refractivity contribution in [2.24, 2.45) is 4.99 Å². The number of ether oxygens (including phenoxy) is 1. The smallest absolute Gasteiger partial charge is 0.191 e. The van der Waals surface area contributed by atoms with Gasteiger partial charge in [0, 0.05) is 25.6 Å². The standard InChI is InChI=1S/C17H24N6O.HI/c1-12(13-7-4-5-8-14(13)24-3)20-17(18-2)19-11-16-22-21-15-9-6-10-23(15)16;/h4-5,7-8,12H,6,9-11H2,1-3H3,(H2,18,19,20);1H. The zero-order valence-electron chi connectivity index (χ0n) is 14.8. The van der Waals surface area contributed by atoms with Crippen molar-refractivity contribution in [3.05, 3.63) is 41.5 Å². The van der Waals surface area contributed by atoms with Gasteiger partial charge < -0.3 is 19.9 Å². The summed E-state index contributed by atoms with van der Waals surface area (Å²) < 4.78 is 7.61. The Labute approximate surface area is 165 Å². The van der Waals surface area contributed by atoms with Crippen LogP contribution in [0.15, 0.2) is 29.3 Å². The summed E-state index contributed by atoms with van der Waals surface area (Å²) in [7, 11) is 3.45. The Balaban J connectivity index is 0.00000225. The van der Waals surface area contributed by atoms with Gasteiger partial charge in [0.1, 0.15) is 11.6 Å². The molecule has 8 heteroatoms. The van der Waals surface area contributed by atoms with Crippen LogP contribution in [-0.2, 0) is 19.5 Å². The molecule has 1 aromatic heterocycles. The van der Waals surface area contributed by atoms with E-state index >= 15 is 0 Å². The minimum absolute atomic E-state index is 0. The predicted octanol–water partition coefficient (Wildman–Crippen LogP) is 2.28. The van der Waals surface area contributed by atoms with E-state index in [9.17, 15) is 0 Å². The van der Waals surface area contributed by atoms with Crippen molar-refractivity contribution in [3.8, 4) is 5.75 Å². The Morgan fingerprint density at radius 2 is 2.16 bits per heavy atom. The van der Waals surface area contributed by atoms with Crippen LogP contribution in [0.5, 0.6) is 5.75 Å². The molecule has 0 bridgehead atoms. The average molecular weight is 456 g/mol. The lowest BCUT2D eigenvalue weighted by Gasteiger charge is -2.20.